The molecule has 0 aliphatic carbocycles. The smallest absolute Gasteiger partial charge is 0.292 e. The first-order chi connectivity index (χ1) is 13.6. The van der Waals surface area contributed by atoms with Crippen molar-refractivity contribution in [2.75, 3.05) is 6.54 Å². The third kappa shape index (κ3) is 3.79. The molecule has 1 saturated heterocycles. The molecule has 0 aromatic carbocycles. The summed E-state index contributed by atoms with van der Waals surface area (Å²) in [5.41, 5.74) is 3.13. The predicted octanol–water partition coefficient (Wildman–Crippen LogP) is 3.25. The summed E-state index contributed by atoms with van der Waals surface area (Å²) in [4.78, 5) is 23.8. The summed E-state index contributed by atoms with van der Waals surface area (Å²) >= 11 is 0. The van der Waals surface area contributed by atoms with E-state index in [0.717, 1.165) is 23.3 Å². The zero-order valence-corrected chi connectivity index (χ0v) is 15.2. The van der Waals surface area contributed by atoms with E-state index in [4.69, 9.17) is 4.52 Å². The average Bonchev–Trinajstić information content (AvgIpc) is 3.17. The number of piperidine rings is 1. The van der Waals surface area contributed by atoms with Gasteiger partial charge in [0.25, 0.3) is 11.6 Å². The van der Waals surface area contributed by atoms with Gasteiger partial charge in [-0.2, -0.15) is 4.98 Å². The first-order valence-corrected chi connectivity index (χ1v) is 8.89. The Balaban J connectivity index is 1.57. The second-order valence-electron chi connectivity index (χ2n) is 6.57. The summed E-state index contributed by atoms with van der Waals surface area (Å²) in [5.74, 6) is 0.907. The van der Waals surface area contributed by atoms with Crippen LogP contribution in [0.4, 0.5) is 5.69 Å². The van der Waals surface area contributed by atoms with Gasteiger partial charge >= 0.3 is 0 Å². The van der Waals surface area contributed by atoms with Gasteiger partial charge in [0.15, 0.2) is 5.82 Å². The van der Waals surface area contributed by atoms with Crippen molar-refractivity contribution in [3.8, 4) is 11.5 Å². The van der Waals surface area contributed by atoms with Crippen molar-refractivity contribution in [3.63, 3.8) is 0 Å². The second kappa shape index (κ2) is 7.65. The highest BCUT2D eigenvalue weighted by Crippen LogP contribution is 2.32. The lowest BCUT2D eigenvalue weighted by Crippen LogP contribution is -2.29. The van der Waals surface area contributed by atoms with Crippen LogP contribution >= 0.6 is 0 Å². The molecule has 0 saturated carbocycles. The summed E-state index contributed by atoms with van der Waals surface area (Å²) in [7, 11) is 0. The van der Waals surface area contributed by atoms with E-state index in [1.807, 2.05) is 13.0 Å². The van der Waals surface area contributed by atoms with Crippen molar-refractivity contribution < 1.29 is 9.45 Å². The topological polar surface area (TPSA) is 120 Å². The van der Waals surface area contributed by atoms with Crippen LogP contribution in [0, 0.1) is 17.0 Å². The van der Waals surface area contributed by atoms with Gasteiger partial charge in [-0.15, -0.1) is 0 Å². The maximum absolute atomic E-state index is 11.4. The molecule has 1 aliphatic rings. The molecule has 3 aromatic rings. The van der Waals surface area contributed by atoms with E-state index in [2.05, 4.69) is 25.4 Å². The standard InChI is InChI=1S/C19H18N6O3/c1-12-2-3-16(25(26)27)18(22-12)15-10-13(4-9-21-15)11-17-23-19(28-24-17)14-5-7-20-8-6-14/h2-3,5-8,11,15,21H,4,9-10H2,1H3. The van der Waals surface area contributed by atoms with Crippen molar-refractivity contribution in [1.29, 1.82) is 0 Å². The lowest BCUT2D eigenvalue weighted by atomic mass is 9.95. The molecule has 9 heteroatoms. The fraction of sp³-hybridized carbons (Fsp3) is 0.263. The summed E-state index contributed by atoms with van der Waals surface area (Å²) in [6.07, 6.45) is 6.60. The molecular formula is C19H18N6O3. The van der Waals surface area contributed by atoms with Gasteiger partial charge in [-0.25, -0.2) is 4.98 Å². The van der Waals surface area contributed by atoms with Gasteiger partial charge in [-0.3, -0.25) is 15.1 Å². The Bertz CT molecular complexity index is 1030. The van der Waals surface area contributed by atoms with Crippen molar-refractivity contribution >= 4 is 11.8 Å². The number of hydrogen-bond donors (Lipinski definition) is 1. The van der Waals surface area contributed by atoms with Gasteiger partial charge in [0, 0.05) is 29.7 Å². The minimum absolute atomic E-state index is 0.0314. The number of hydrogen-bond acceptors (Lipinski definition) is 8. The molecule has 142 valence electrons. The van der Waals surface area contributed by atoms with Crippen molar-refractivity contribution in [3.05, 3.63) is 69.6 Å². The first kappa shape index (κ1) is 17.9. The molecule has 0 spiro atoms. The van der Waals surface area contributed by atoms with Crippen LogP contribution < -0.4 is 5.32 Å². The molecule has 1 atom stereocenters. The highest BCUT2D eigenvalue weighted by atomic mass is 16.6. The lowest BCUT2D eigenvalue weighted by Gasteiger charge is -2.25. The Morgan fingerprint density at radius 3 is 2.86 bits per heavy atom. The van der Waals surface area contributed by atoms with Crippen LogP contribution in [0.1, 0.15) is 36.1 Å². The Morgan fingerprint density at radius 1 is 1.25 bits per heavy atom. The molecule has 0 radical (unpaired) electrons. The normalized spacial score (nSPS) is 18.3. The molecule has 4 heterocycles. The van der Waals surface area contributed by atoms with Gasteiger partial charge < -0.3 is 9.84 Å². The number of nitrogens with one attached hydrogen (secondary N) is 1. The number of nitro groups is 1. The molecule has 1 unspecified atom stereocenters. The molecule has 0 bridgehead atoms. The van der Waals surface area contributed by atoms with Crippen LogP contribution in [0.5, 0.6) is 0 Å². The van der Waals surface area contributed by atoms with E-state index in [1.54, 1.807) is 30.6 Å². The molecule has 4 rings (SSSR count). The first-order valence-electron chi connectivity index (χ1n) is 8.89. The van der Waals surface area contributed by atoms with Crippen LogP contribution in [-0.4, -0.2) is 31.6 Å². The SMILES string of the molecule is Cc1ccc([N+](=O)[O-])c(C2CC(=Cc3noc(-c4ccncc4)n3)CCN2)n1. The second-order valence-corrected chi connectivity index (χ2v) is 6.57. The van der Waals surface area contributed by atoms with Crippen LogP contribution in [-0.2, 0) is 0 Å². The number of aryl methyl sites for hydroxylation is 1. The maximum atomic E-state index is 11.4. The highest BCUT2D eigenvalue weighted by molar-refractivity contribution is 5.54. The van der Waals surface area contributed by atoms with Gasteiger partial charge in [-0.05, 0) is 50.6 Å². The van der Waals surface area contributed by atoms with Gasteiger partial charge in [0.1, 0.15) is 5.69 Å². The van der Waals surface area contributed by atoms with Crippen LogP contribution in [0.2, 0.25) is 0 Å². The third-order valence-corrected chi connectivity index (χ3v) is 4.57. The Morgan fingerprint density at radius 2 is 2.07 bits per heavy atom. The molecule has 1 N–H and O–H groups in total. The van der Waals surface area contributed by atoms with Crippen LogP contribution in [0.25, 0.3) is 17.5 Å². The van der Waals surface area contributed by atoms with Crippen molar-refractivity contribution in [1.82, 2.24) is 25.4 Å². The van der Waals surface area contributed by atoms with E-state index < -0.39 is 0 Å². The van der Waals surface area contributed by atoms with Gasteiger partial charge in [-0.1, -0.05) is 10.7 Å². The minimum Gasteiger partial charge on any atom is -0.334 e. The van der Waals surface area contributed by atoms with Crippen molar-refractivity contribution in [2.45, 2.75) is 25.8 Å². The Hall–Kier alpha value is -3.46. The van der Waals surface area contributed by atoms with E-state index in [0.29, 0.717) is 30.4 Å². The molecular weight excluding hydrogens is 360 g/mol. The van der Waals surface area contributed by atoms with E-state index in [1.165, 1.54) is 6.07 Å². The molecule has 1 aliphatic heterocycles. The quantitative estimate of drug-likeness (QED) is 0.542. The summed E-state index contributed by atoms with van der Waals surface area (Å²) in [6, 6.07) is 6.53. The summed E-state index contributed by atoms with van der Waals surface area (Å²) < 4.78 is 5.32. The fourth-order valence-electron chi connectivity index (χ4n) is 3.24. The molecule has 0 amide bonds. The predicted molar refractivity (Wildman–Crippen MR) is 101 cm³/mol. The van der Waals surface area contributed by atoms with Crippen LogP contribution in [0.3, 0.4) is 0 Å². The zero-order chi connectivity index (χ0) is 19.5. The highest BCUT2D eigenvalue weighted by Gasteiger charge is 2.27. The van der Waals surface area contributed by atoms with E-state index in [-0.39, 0.29) is 16.7 Å². The van der Waals surface area contributed by atoms with E-state index in [9.17, 15) is 10.1 Å². The largest absolute Gasteiger partial charge is 0.334 e. The average molecular weight is 378 g/mol. The third-order valence-electron chi connectivity index (χ3n) is 4.57. The maximum Gasteiger partial charge on any atom is 0.292 e. The molecule has 3 aromatic heterocycles. The molecule has 28 heavy (non-hydrogen) atoms. The number of pyridine rings is 2. The van der Waals surface area contributed by atoms with E-state index >= 15 is 0 Å². The van der Waals surface area contributed by atoms with Crippen LogP contribution in [0.15, 0.2) is 46.8 Å². The molecule has 9 nitrogen and oxygen atoms in total. The number of nitrogens with zero attached hydrogens (tertiary/aromatic N) is 5. The van der Waals surface area contributed by atoms with Gasteiger partial charge in [0.05, 0.1) is 11.0 Å². The summed E-state index contributed by atoms with van der Waals surface area (Å²) in [6.45, 7) is 2.52. The summed E-state index contributed by atoms with van der Waals surface area (Å²) in [5, 5.41) is 18.7. The van der Waals surface area contributed by atoms with Gasteiger partial charge in [0.2, 0.25) is 0 Å². The fourth-order valence-corrected chi connectivity index (χ4v) is 3.24. The number of aromatic nitrogens is 4. The monoisotopic (exact) mass is 378 g/mol. The number of rotatable bonds is 4. The Labute approximate surface area is 160 Å². The van der Waals surface area contributed by atoms with Crippen molar-refractivity contribution in [2.24, 2.45) is 0 Å². The zero-order valence-electron chi connectivity index (χ0n) is 15.2. The molecule has 1 fully saturated rings. The minimum atomic E-state index is -0.387. The Kier molecular flexibility index (Phi) is 4.90. The lowest BCUT2D eigenvalue weighted by molar-refractivity contribution is -0.386.